The molecule has 156 valence electrons. The second kappa shape index (κ2) is 22.4. The van der Waals surface area contributed by atoms with Crippen LogP contribution in [0.4, 0.5) is 0 Å². The van der Waals surface area contributed by atoms with Crippen LogP contribution < -0.4 is 0 Å². The Morgan fingerprint density at radius 3 is 1.50 bits per heavy atom. The molecule has 0 aromatic rings. The lowest BCUT2D eigenvalue weighted by atomic mass is 10.1. The molecule has 0 heterocycles. The molecule has 0 unspecified atom stereocenters. The van der Waals surface area contributed by atoms with E-state index in [0.29, 0.717) is 46.2 Å². The van der Waals surface area contributed by atoms with Crippen molar-refractivity contribution >= 4 is 5.97 Å². The minimum Gasteiger partial charge on any atom is -0.469 e. The minimum atomic E-state index is -0.260. The summed E-state index contributed by atoms with van der Waals surface area (Å²) in [6, 6.07) is 0. The van der Waals surface area contributed by atoms with E-state index in [4.69, 9.17) is 18.9 Å². The second-order valence-electron chi connectivity index (χ2n) is 6.25. The highest BCUT2D eigenvalue weighted by Gasteiger charge is 1.99. The molecule has 0 amide bonds. The SMILES string of the molecule is CCCCCCCCCCOCCOCCOCCOCCC(=O)OC. The normalized spacial score (nSPS) is 11.0. The number of hydrogen-bond donors (Lipinski definition) is 0. The van der Waals surface area contributed by atoms with E-state index in [9.17, 15) is 4.79 Å². The highest BCUT2D eigenvalue weighted by atomic mass is 16.6. The van der Waals surface area contributed by atoms with Crippen molar-refractivity contribution < 1.29 is 28.5 Å². The standard InChI is InChI=1S/C20H40O6/c1-3-4-5-6-7-8-9-10-12-23-14-16-25-18-19-26-17-15-24-13-11-20(21)22-2/h3-19H2,1-2H3. The van der Waals surface area contributed by atoms with E-state index < -0.39 is 0 Å². The summed E-state index contributed by atoms with van der Waals surface area (Å²) >= 11 is 0. The molecule has 0 fully saturated rings. The van der Waals surface area contributed by atoms with Crippen LogP contribution in [-0.4, -0.2) is 65.9 Å². The summed E-state index contributed by atoms with van der Waals surface area (Å²) in [6.45, 7) is 6.77. The van der Waals surface area contributed by atoms with Crippen LogP contribution in [0.3, 0.4) is 0 Å². The minimum absolute atomic E-state index is 0.260. The average molecular weight is 377 g/mol. The summed E-state index contributed by atoms with van der Waals surface area (Å²) in [4.78, 5) is 10.8. The lowest BCUT2D eigenvalue weighted by Crippen LogP contribution is -2.13. The first-order valence-corrected chi connectivity index (χ1v) is 10.2. The van der Waals surface area contributed by atoms with Crippen LogP contribution in [-0.2, 0) is 28.5 Å². The summed E-state index contributed by atoms with van der Waals surface area (Å²) in [5.41, 5.74) is 0. The Kier molecular flexibility index (Phi) is 21.8. The number of carbonyl (C=O) groups excluding carboxylic acids is 1. The van der Waals surface area contributed by atoms with E-state index in [2.05, 4.69) is 11.7 Å². The number of esters is 1. The predicted octanol–water partition coefficient (Wildman–Crippen LogP) is 3.76. The third kappa shape index (κ3) is 21.4. The maximum Gasteiger partial charge on any atom is 0.307 e. The number of unbranched alkanes of at least 4 members (excludes halogenated alkanes) is 7. The molecule has 0 aliphatic rings. The van der Waals surface area contributed by atoms with Crippen molar-refractivity contribution in [2.24, 2.45) is 0 Å². The molecule has 0 saturated heterocycles. The number of methoxy groups -OCH3 is 1. The van der Waals surface area contributed by atoms with Gasteiger partial charge in [-0.1, -0.05) is 51.9 Å². The topological polar surface area (TPSA) is 63.2 Å². The van der Waals surface area contributed by atoms with Crippen LogP contribution in [0.1, 0.15) is 64.7 Å². The van der Waals surface area contributed by atoms with Gasteiger partial charge in [-0.2, -0.15) is 0 Å². The van der Waals surface area contributed by atoms with E-state index in [1.54, 1.807) is 0 Å². The Labute approximate surface area is 159 Å². The molecule has 0 aromatic carbocycles. The molecule has 0 N–H and O–H groups in total. The molecule has 6 heteroatoms. The molecule has 0 aliphatic carbocycles. The Hall–Kier alpha value is -0.690. The molecule has 6 nitrogen and oxygen atoms in total. The van der Waals surface area contributed by atoms with E-state index in [0.717, 1.165) is 13.0 Å². The third-order valence-corrected chi connectivity index (χ3v) is 3.94. The van der Waals surface area contributed by atoms with Crippen molar-refractivity contribution in [1.82, 2.24) is 0 Å². The molecule has 0 rings (SSSR count). The van der Waals surface area contributed by atoms with E-state index in [-0.39, 0.29) is 12.4 Å². The Balaban J connectivity index is 3.00. The van der Waals surface area contributed by atoms with Crippen LogP contribution in [0.25, 0.3) is 0 Å². The molecule has 0 aromatic heterocycles. The zero-order valence-corrected chi connectivity index (χ0v) is 17.0. The maximum absolute atomic E-state index is 10.8. The monoisotopic (exact) mass is 376 g/mol. The van der Waals surface area contributed by atoms with Crippen molar-refractivity contribution in [2.45, 2.75) is 64.7 Å². The molecular formula is C20H40O6. The van der Waals surface area contributed by atoms with Crippen molar-refractivity contribution in [2.75, 3.05) is 60.0 Å². The zero-order valence-electron chi connectivity index (χ0n) is 17.0. The second-order valence-corrected chi connectivity index (χ2v) is 6.25. The highest BCUT2D eigenvalue weighted by Crippen LogP contribution is 2.08. The van der Waals surface area contributed by atoms with Crippen molar-refractivity contribution in [1.29, 1.82) is 0 Å². The van der Waals surface area contributed by atoms with Gasteiger partial charge in [0, 0.05) is 6.61 Å². The molecule has 0 radical (unpaired) electrons. The van der Waals surface area contributed by atoms with E-state index >= 15 is 0 Å². The first kappa shape index (κ1) is 25.3. The summed E-state index contributed by atoms with van der Waals surface area (Å²) in [6.07, 6.45) is 10.8. The van der Waals surface area contributed by atoms with Gasteiger partial charge in [-0.25, -0.2) is 0 Å². The van der Waals surface area contributed by atoms with Gasteiger partial charge in [0.05, 0.1) is 59.8 Å². The quantitative estimate of drug-likeness (QED) is 0.224. The molecular weight excluding hydrogens is 336 g/mol. The number of hydrogen-bond acceptors (Lipinski definition) is 6. The molecule has 0 atom stereocenters. The Bertz CT molecular complexity index is 285. The summed E-state index contributed by atoms with van der Waals surface area (Å²) in [5.74, 6) is -0.260. The van der Waals surface area contributed by atoms with E-state index in [1.807, 2.05) is 0 Å². The summed E-state index contributed by atoms with van der Waals surface area (Å²) in [7, 11) is 1.37. The largest absolute Gasteiger partial charge is 0.469 e. The Morgan fingerprint density at radius 1 is 0.577 bits per heavy atom. The van der Waals surface area contributed by atoms with Gasteiger partial charge in [-0.05, 0) is 6.42 Å². The molecule has 0 aliphatic heterocycles. The number of ether oxygens (including phenoxy) is 5. The van der Waals surface area contributed by atoms with Crippen LogP contribution in [0.2, 0.25) is 0 Å². The van der Waals surface area contributed by atoms with E-state index in [1.165, 1.54) is 52.1 Å². The molecule has 26 heavy (non-hydrogen) atoms. The van der Waals surface area contributed by atoms with Gasteiger partial charge < -0.3 is 23.7 Å². The van der Waals surface area contributed by atoms with Crippen LogP contribution in [0, 0.1) is 0 Å². The van der Waals surface area contributed by atoms with Crippen molar-refractivity contribution in [3.8, 4) is 0 Å². The van der Waals surface area contributed by atoms with Gasteiger partial charge in [0.15, 0.2) is 0 Å². The fourth-order valence-electron chi connectivity index (χ4n) is 2.36. The summed E-state index contributed by atoms with van der Waals surface area (Å²) in [5, 5.41) is 0. The fourth-order valence-corrected chi connectivity index (χ4v) is 2.36. The van der Waals surface area contributed by atoms with Crippen LogP contribution >= 0.6 is 0 Å². The average Bonchev–Trinajstić information content (AvgIpc) is 2.66. The lowest BCUT2D eigenvalue weighted by Gasteiger charge is -2.07. The van der Waals surface area contributed by atoms with Crippen LogP contribution in [0.15, 0.2) is 0 Å². The molecule has 0 bridgehead atoms. The smallest absolute Gasteiger partial charge is 0.307 e. The first-order chi connectivity index (χ1) is 12.8. The first-order valence-electron chi connectivity index (χ1n) is 10.2. The summed E-state index contributed by atoms with van der Waals surface area (Å²) < 4.78 is 26.1. The number of carbonyl (C=O) groups is 1. The van der Waals surface area contributed by atoms with Crippen molar-refractivity contribution in [3.63, 3.8) is 0 Å². The van der Waals surface area contributed by atoms with Gasteiger partial charge in [0.2, 0.25) is 0 Å². The van der Waals surface area contributed by atoms with Gasteiger partial charge in [0.1, 0.15) is 0 Å². The molecule has 0 saturated carbocycles. The number of rotatable bonds is 21. The molecule has 0 spiro atoms. The van der Waals surface area contributed by atoms with Crippen molar-refractivity contribution in [3.05, 3.63) is 0 Å². The zero-order chi connectivity index (χ0) is 19.1. The van der Waals surface area contributed by atoms with Gasteiger partial charge in [-0.15, -0.1) is 0 Å². The highest BCUT2D eigenvalue weighted by molar-refractivity contribution is 5.69. The Morgan fingerprint density at radius 2 is 1.00 bits per heavy atom. The van der Waals surface area contributed by atoms with Gasteiger partial charge in [-0.3, -0.25) is 4.79 Å². The third-order valence-electron chi connectivity index (χ3n) is 3.94. The van der Waals surface area contributed by atoms with Crippen LogP contribution in [0.5, 0.6) is 0 Å². The van der Waals surface area contributed by atoms with Gasteiger partial charge in [0.25, 0.3) is 0 Å². The lowest BCUT2D eigenvalue weighted by molar-refractivity contribution is -0.141. The maximum atomic E-state index is 10.8. The van der Waals surface area contributed by atoms with Gasteiger partial charge >= 0.3 is 5.97 Å². The predicted molar refractivity (Wildman–Crippen MR) is 103 cm³/mol. The fraction of sp³-hybridized carbons (Fsp3) is 0.950.